The van der Waals surface area contributed by atoms with Crippen molar-refractivity contribution >= 4 is 46.6 Å². The number of para-hydroxylation sites is 1. The van der Waals surface area contributed by atoms with Gasteiger partial charge in [-0.15, -0.1) is 5.10 Å². The van der Waals surface area contributed by atoms with Gasteiger partial charge in [-0.3, -0.25) is 9.36 Å². The van der Waals surface area contributed by atoms with Crippen LogP contribution in [0.2, 0.25) is 10.0 Å². The van der Waals surface area contributed by atoms with Gasteiger partial charge in [-0.2, -0.15) is 0 Å². The van der Waals surface area contributed by atoms with E-state index >= 15 is 0 Å². The van der Waals surface area contributed by atoms with Crippen molar-refractivity contribution in [3.05, 3.63) is 38.7 Å². The summed E-state index contributed by atoms with van der Waals surface area (Å²) in [4.78, 5) is 24.2. The van der Waals surface area contributed by atoms with Gasteiger partial charge in [0, 0.05) is 20.3 Å². The molecule has 1 aromatic carbocycles. The van der Waals surface area contributed by atoms with E-state index in [9.17, 15) is 9.59 Å². The second kappa shape index (κ2) is 9.28. The van der Waals surface area contributed by atoms with Gasteiger partial charge >= 0.3 is 5.69 Å². The molecule has 1 heterocycles. The Bertz CT molecular complexity index is 773. The Balaban J connectivity index is 2.05. The van der Waals surface area contributed by atoms with Crippen LogP contribution in [0.15, 0.2) is 28.2 Å². The third-order valence-corrected chi connectivity index (χ3v) is 5.04. The van der Waals surface area contributed by atoms with Crippen molar-refractivity contribution in [1.29, 1.82) is 0 Å². The molecule has 25 heavy (non-hydrogen) atoms. The number of hydrogen-bond acceptors (Lipinski definition) is 5. The summed E-state index contributed by atoms with van der Waals surface area (Å²) in [5.74, 6) is -0.293. The van der Waals surface area contributed by atoms with Crippen molar-refractivity contribution in [2.75, 3.05) is 19.0 Å². The van der Waals surface area contributed by atoms with Gasteiger partial charge in [-0.25, -0.2) is 9.89 Å². The van der Waals surface area contributed by atoms with Crippen LogP contribution in [0.4, 0.5) is 5.69 Å². The topological polar surface area (TPSA) is 89.0 Å². The van der Waals surface area contributed by atoms with E-state index in [-0.39, 0.29) is 11.6 Å². The average Bonchev–Trinajstić information content (AvgIpc) is 2.91. The van der Waals surface area contributed by atoms with Gasteiger partial charge in [0.15, 0.2) is 5.16 Å². The zero-order valence-corrected chi connectivity index (χ0v) is 16.0. The molecule has 0 aliphatic rings. The highest BCUT2D eigenvalue weighted by Gasteiger charge is 2.20. The Kier molecular flexibility index (Phi) is 7.37. The molecule has 0 unspecified atom stereocenters. The van der Waals surface area contributed by atoms with E-state index in [1.807, 2.05) is 0 Å². The minimum Gasteiger partial charge on any atom is -0.385 e. The van der Waals surface area contributed by atoms with Crippen LogP contribution >= 0.6 is 35.0 Å². The number of anilines is 1. The van der Waals surface area contributed by atoms with E-state index in [2.05, 4.69) is 15.5 Å². The van der Waals surface area contributed by atoms with E-state index in [0.717, 1.165) is 0 Å². The zero-order chi connectivity index (χ0) is 18.4. The summed E-state index contributed by atoms with van der Waals surface area (Å²) in [6.07, 6.45) is 0.666. The van der Waals surface area contributed by atoms with E-state index in [0.29, 0.717) is 40.5 Å². The monoisotopic (exact) mass is 404 g/mol. The first kappa shape index (κ1) is 19.8. The fourth-order valence-electron chi connectivity index (χ4n) is 2.01. The molecule has 0 radical (unpaired) electrons. The average molecular weight is 405 g/mol. The largest absolute Gasteiger partial charge is 0.385 e. The second-order valence-electron chi connectivity index (χ2n) is 5.16. The number of carbonyl (C=O) groups excluding carboxylic acids is 1. The van der Waals surface area contributed by atoms with Crippen LogP contribution in [-0.2, 0) is 16.1 Å². The number of ether oxygens (including phenoxy) is 1. The highest BCUT2D eigenvalue weighted by atomic mass is 35.5. The van der Waals surface area contributed by atoms with Gasteiger partial charge < -0.3 is 10.1 Å². The van der Waals surface area contributed by atoms with Crippen LogP contribution in [0, 0.1) is 0 Å². The van der Waals surface area contributed by atoms with Gasteiger partial charge in [0.1, 0.15) is 0 Å². The van der Waals surface area contributed by atoms with Crippen molar-refractivity contribution in [3.8, 4) is 0 Å². The molecule has 2 aromatic rings. The molecule has 2 N–H and O–H groups in total. The number of amides is 1. The molecule has 1 atom stereocenters. The van der Waals surface area contributed by atoms with Crippen molar-refractivity contribution in [1.82, 2.24) is 14.8 Å². The molecular formula is C15H18Cl2N4O3S. The number of aromatic amines is 1. The number of halogens is 2. The first-order valence-electron chi connectivity index (χ1n) is 7.49. The number of methoxy groups -OCH3 is 1. The number of benzene rings is 1. The normalized spacial score (nSPS) is 12.2. The zero-order valence-electron chi connectivity index (χ0n) is 13.7. The standard InChI is InChI=1S/C15H18Cl2N4O3S/c1-9(13(22)18-12-10(16)5-3-6-11(12)17)25-15-20-19-14(23)21(15)7-4-8-24-2/h3,5-6,9H,4,7-8H2,1-2H3,(H,18,22)(H,19,23)/t9-/m1/s1. The molecule has 7 nitrogen and oxygen atoms in total. The SMILES string of the molecule is COCCCn1c(S[C@H](C)C(=O)Nc2c(Cl)cccc2Cl)n[nH]c1=O. The Morgan fingerprint density at radius 3 is 2.76 bits per heavy atom. The summed E-state index contributed by atoms with van der Waals surface area (Å²) in [7, 11) is 1.60. The highest BCUT2D eigenvalue weighted by Crippen LogP contribution is 2.31. The van der Waals surface area contributed by atoms with Crippen LogP contribution < -0.4 is 11.0 Å². The maximum absolute atomic E-state index is 12.4. The number of nitrogens with zero attached hydrogens (tertiary/aromatic N) is 2. The molecule has 1 aromatic heterocycles. The third-order valence-electron chi connectivity index (χ3n) is 3.32. The van der Waals surface area contributed by atoms with E-state index in [1.54, 1.807) is 32.2 Å². The lowest BCUT2D eigenvalue weighted by Crippen LogP contribution is -2.24. The maximum atomic E-state index is 12.4. The number of H-pyrrole nitrogens is 1. The van der Waals surface area contributed by atoms with Gasteiger partial charge in [0.2, 0.25) is 5.91 Å². The molecule has 0 saturated heterocycles. The quantitative estimate of drug-likeness (QED) is 0.521. The van der Waals surface area contributed by atoms with Crippen LogP contribution in [0.25, 0.3) is 0 Å². The Labute approximate surface area is 159 Å². The van der Waals surface area contributed by atoms with Crippen LogP contribution in [0.5, 0.6) is 0 Å². The Hall–Kier alpha value is -1.48. The number of thioether (sulfide) groups is 1. The molecule has 136 valence electrons. The fourth-order valence-corrected chi connectivity index (χ4v) is 3.38. The summed E-state index contributed by atoms with van der Waals surface area (Å²) >= 11 is 13.3. The van der Waals surface area contributed by atoms with Crippen molar-refractivity contribution in [2.24, 2.45) is 0 Å². The van der Waals surface area contributed by atoms with E-state index in [1.165, 1.54) is 16.3 Å². The molecule has 2 rings (SSSR count). The first-order valence-corrected chi connectivity index (χ1v) is 9.13. The second-order valence-corrected chi connectivity index (χ2v) is 7.28. The van der Waals surface area contributed by atoms with E-state index < -0.39 is 5.25 Å². The lowest BCUT2D eigenvalue weighted by atomic mass is 10.3. The first-order chi connectivity index (χ1) is 11.9. The lowest BCUT2D eigenvalue weighted by molar-refractivity contribution is -0.115. The summed E-state index contributed by atoms with van der Waals surface area (Å²) in [5.41, 5.74) is 0.0446. The number of carbonyl (C=O) groups is 1. The Morgan fingerprint density at radius 2 is 2.12 bits per heavy atom. The minimum absolute atomic E-state index is 0.293. The van der Waals surface area contributed by atoms with Crippen molar-refractivity contribution < 1.29 is 9.53 Å². The summed E-state index contributed by atoms with van der Waals surface area (Å²) in [6, 6.07) is 4.98. The predicted octanol–water partition coefficient (Wildman–Crippen LogP) is 3.03. The van der Waals surface area contributed by atoms with Gasteiger partial charge in [0.05, 0.1) is 21.0 Å². The molecule has 0 spiro atoms. The number of hydrogen-bond donors (Lipinski definition) is 2. The summed E-state index contributed by atoms with van der Waals surface area (Å²) in [6.45, 7) is 2.70. The van der Waals surface area contributed by atoms with Crippen molar-refractivity contribution in [3.63, 3.8) is 0 Å². The maximum Gasteiger partial charge on any atom is 0.343 e. The molecular weight excluding hydrogens is 387 g/mol. The highest BCUT2D eigenvalue weighted by molar-refractivity contribution is 8.00. The molecule has 0 saturated carbocycles. The van der Waals surface area contributed by atoms with Gasteiger partial charge in [0.25, 0.3) is 0 Å². The van der Waals surface area contributed by atoms with Crippen LogP contribution in [0.3, 0.4) is 0 Å². The molecule has 1 amide bonds. The van der Waals surface area contributed by atoms with Gasteiger partial charge in [-0.1, -0.05) is 41.0 Å². The molecule has 0 aliphatic heterocycles. The fraction of sp³-hybridized carbons (Fsp3) is 0.400. The smallest absolute Gasteiger partial charge is 0.343 e. The lowest BCUT2D eigenvalue weighted by Gasteiger charge is -2.14. The Morgan fingerprint density at radius 1 is 1.44 bits per heavy atom. The number of aromatic nitrogens is 3. The van der Waals surface area contributed by atoms with Crippen molar-refractivity contribution in [2.45, 2.75) is 30.3 Å². The van der Waals surface area contributed by atoms with Crippen LogP contribution in [0.1, 0.15) is 13.3 Å². The van der Waals surface area contributed by atoms with Gasteiger partial charge in [-0.05, 0) is 25.5 Å². The van der Waals surface area contributed by atoms with E-state index in [4.69, 9.17) is 27.9 Å². The third kappa shape index (κ3) is 5.24. The summed E-state index contributed by atoms with van der Waals surface area (Å²) in [5, 5.41) is 9.72. The summed E-state index contributed by atoms with van der Waals surface area (Å²) < 4.78 is 6.47. The number of nitrogens with one attached hydrogen (secondary N) is 2. The molecule has 0 aliphatic carbocycles. The molecule has 10 heteroatoms. The molecule has 0 fully saturated rings. The van der Waals surface area contributed by atoms with Crippen LogP contribution in [-0.4, -0.2) is 39.6 Å². The molecule has 0 bridgehead atoms. The minimum atomic E-state index is -0.510. The number of rotatable bonds is 8. The predicted molar refractivity (Wildman–Crippen MR) is 99.8 cm³/mol.